The molecule has 5 atom stereocenters. The molecule has 0 saturated heterocycles. The Morgan fingerprint density at radius 1 is 0.262 bits per heavy atom. The lowest BCUT2D eigenvalue weighted by Crippen LogP contribution is -2.30. The Kier molecular flexibility index (Phi) is 72.8. The summed E-state index contributed by atoms with van der Waals surface area (Å²) in [4.78, 5) is 73.1. The molecule has 0 aliphatic carbocycles. The number of unbranched alkanes of at least 4 members (excludes halogenated alkanes) is 50. The van der Waals surface area contributed by atoms with Crippen molar-refractivity contribution in [2.75, 3.05) is 39.6 Å². The fourth-order valence-electron chi connectivity index (χ4n) is 13.0. The number of ether oxygens (including phenoxy) is 4. The maximum absolute atomic E-state index is 13.1. The van der Waals surface area contributed by atoms with Crippen molar-refractivity contribution in [2.45, 2.75) is 458 Å². The third-order valence-electron chi connectivity index (χ3n) is 19.6. The SMILES string of the molecule is CCCCCCCCCCCCCCCCCCCCCC(=O)O[C@H](COC(=O)CCCCCCCCCCCCCCCCCC(C)C)COP(=O)(O)OC[C@@H](O)COP(=O)(O)OC[C@@H](COC(=O)CCCCCCCCCC(C)C)OC(=O)CCCCCCCCCCCCCCCC(C)C. The van der Waals surface area contributed by atoms with Crippen LogP contribution in [0, 0.1) is 17.8 Å². The van der Waals surface area contributed by atoms with E-state index in [0.29, 0.717) is 31.6 Å². The highest BCUT2D eigenvalue weighted by Crippen LogP contribution is 2.45. The molecular weight excluding hydrogens is 1340 g/mol. The summed E-state index contributed by atoms with van der Waals surface area (Å²) in [7, 11) is -9.93. The van der Waals surface area contributed by atoms with E-state index >= 15 is 0 Å². The topological polar surface area (TPSA) is 237 Å². The van der Waals surface area contributed by atoms with Crippen molar-refractivity contribution < 1.29 is 80.2 Å². The number of rotatable bonds is 82. The fraction of sp³-hybridized carbons (Fsp3) is 0.952. The molecule has 612 valence electrons. The van der Waals surface area contributed by atoms with E-state index in [1.807, 2.05) is 0 Å². The number of phosphoric ester groups is 2. The second kappa shape index (κ2) is 74.2. The molecule has 0 aromatic rings. The number of carbonyl (C=O) groups excluding carboxylic acids is 4. The Balaban J connectivity index is 5.24. The van der Waals surface area contributed by atoms with Crippen LogP contribution in [0.25, 0.3) is 0 Å². The molecule has 0 heterocycles. The second-order valence-corrected chi connectivity index (χ2v) is 34.6. The molecule has 0 aliphatic heterocycles. The lowest BCUT2D eigenvalue weighted by atomic mass is 10.0. The van der Waals surface area contributed by atoms with Crippen molar-refractivity contribution in [1.29, 1.82) is 0 Å². The van der Waals surface area contributed by atoms with E-state index in [9.17, 15) is 43.2 Å². The molecule has 103 heavy (non-hydrogen) atoms. The predicted octanol–water partition coefficient (Wildman–Crippen LogP) is 25.3. The molecule has 19 heteroatoms. The van der Waals surface area contributed by atoms with Crippen LogP contribution in [-0.2, 0) is 65.4 Å². The smallest absolute Gasteiger partial charge is 0.462 e. The highest BCUT2D eigenvalue weighted by atomic mass is 31.2. The lowest BCUT2D eigenvalue weighted by Gasteiger charge is -2.21. The van der Waals surface area contributed by atoms with Crippen LogP contribution in [0.1, 0.15) is 440 Å². The Hall–Kier alpha value is -1.94. The van der Waals surface area contributed by atoms with Crippen LogP contribution in [0.5, 0.6) is 0 Å². The summed E-state index contributed by atoms with van der Waals surface area (Å²) in [6, 6.07) is 0. The highest BCUT2D eigenvalue weighted by Gasteiger charge is 2.30. The molecule has 0 fully saturated rings. The molecule has 0 rings (SSSR count). The van der Waals surface area contributed by atoms with Crippen LogP contribution in [0.2, 0.25) is 0 Å². The van der Waals surface area contributed by atoms with Gasteiger partial charge >= 0.3 is 39.5 Å². The molecule has 0 bridgehead atoms. The molecule has 0 aromatic heterocycles. The minimum absolute atomic E-state index is 0.106. The van der Waals surface area contributed by atoms with E-state index in [2.05, 4.69) is 48.5 Å². The predicted molar refractivity (Wildman–Crippen MR) is 423 cm³/mol. The molecular formula is C84H164O17P2. The first-order chi connectivity index (χ1) is 49.7. The van der Waals surface area contributed by atoms with Gasteiger partial charge in [-0.3, -0.25) is 37.3 Å². The largest absolute Gasteiger partial charge is 0.472 e. The monoisotopic (exact) mass is 1510 g/mol. The number of aliphatic hydroxyl groups excluding tert-OH is 1. The van der Waals surface area contributed by atoms with Gasteiger partial charge < -0.3 is 33.8 Å². The molecule has 0 aromatic carbocycles. The van der Waals surface area contributed by atoms with Gasteiger partial charge in [-0.2, -0.15) is 0 Å². The molecule has 0 radical (unpaired) electrons. The van der Waals surface area contributed by atoms with E-state index in [-0.39, 0.29) is 25.7 Å². The quantitative estimate of drug-likeness (QED) is 0.0222. The summed E-state index contributed by atoms with van der Waals surface area (Å²) in [6.45, 7) is 12.0. The average Bonchev–Trinajstić information content (AvgIpc) is 0.942. The van der Waals surface area contributed by atoms with Crippen molar-refractivity contribution in [2.24, 2.45) is 17.8 Å². The summed E-state index contributed by atoms with van der Waals surface area (Å²) < 4.78 is 68.8. The lowest BCUT2D eigenvalue weighted by molar-refractivity contribution is -0.161. The Morgan fingerprint density at radius 3 is 0.660 bits per heavy atom. The molecule has 0 spiro atoms. The van der Waals surface area contributed by atoms with Gasteiger partial charge in [0.2, 0.25) is 0 Å². The van der Waals surface area contributed by atoms with Crippen LogP contribution in [0.3, 0.4) is 0 Å². The first-order valence-electron chi connectivity index (χ1n) is 43.3. The van der Waals surface area contributed by atoms with Crippen LogP contribution < -0.4 is 0 Å². The Bertz CT molecular complexity index is 1990. The average molecular weight is 1510 g/mol. The second-order valence-electron chi connectivity index (χ2n) is 31.6. The van der Waals surface area contributed by atoms with Crippen molar-refractivity contribution in [3.63, 3.8) is 0 Å². The number of hydrogen-bond donors (Lipinski definition) is 3. The van der Waals surface area contributed by atoms with Crippen LogP contribution in [-0.4, -0.2) is 96.7 Å². The number of aliphatic hydroxyl groups is 1. The van der Waals surface area contributed by atoms with Gasteiger partial charge in [-0.05, 0) is 43.4 Å². The summed E-state index contributed by atoms with van der Waals surface area (Å²) >= 11 is 0. The van der Waals surface area contributed by atoms with E-state index < -0.39 is 97.5 Å². The molecule has 0 aliphatic rings. The normalized spacial score (nSPS) is 13.9. The van der Waals surface area contributed by atoms with Crippen LogP contribution >= 0.6 is 15.6 Å². The molecule has 3 N–H and O–H groups in total. The van der Waals surface area contributed by atoms with Gasteiger partial charge in [0.15, 0.2) is 12.2 Å². The van der Waals surface area contributed by atoms with Crippen molar-refractivity contribution in [1.82, 2.24) is 0 Å². The fourth-order valence-corrected chi connectivity index (χ4v) is 14.6. The van der Waals surface area contributed by atoms with E-state index in [4.69, 9.17) is 37.0 Å². The molecule has 17 nitrogen and oxygen atoms in total. The number of hydrogen-bond acceptors (Lipinski definition) is 15. The van der Waals surface area contributed by atoms with Gasteiger partial charge in [-0.25, -0.2) is 9.13 Å². The highest BCUT2D eigenvalue weighted by molar-refractivity contribution is 7.47. The molecule has 0 amide bonds. The van der Waals surface area contributed by atoms with E-state index in [1.54, 1.807) is 0 Å². The minimum atomic E-state index is -4.96. The number of carbonyl (C=O) groups is 4. The Morgan fingerprint density at radius 2 is 0.447 bits per heavy atom. The van der Waals surface area contributed by atoms with Gasteiger partial charge in [-0.15, -0.1) is 0 Å². The third kappa shape index (κ3) is 78.0. The van der Waals surface area contributed by atoms with Gasteiger partial charge in [0.25, 0.3) is 0 Å². The van der Waals surface area contributed by atoms with Gasteiger partial charge in [0, 0.05) is 25.7 Å². The number of phosphoric acid groups is 2. The van der Waals surface area contributed by atoms with Crippen molar-refractivity contribution in [3.05, 3.63) is 0 Å². The zero-order valence-electron chi connectivity index (χ0n) is 67.8. The summed E-state index contributed by atoms with van der Waals surface area (Å²) in [5.74, 6) is 0.190. The third-order valence-corrected chi connectivity index (χ3v) is 21.5. The van der Waals surface area contributed by atoms with E-state index in [0.717, 1.165) is 108 Å². The van der Waals surface area contributed by atoms with Crippen molar-refractivity contribution in [3.8, 4) is 0 Å². The van der Waals surface area contributed by atoms with E-state index in [1.165, 1.54) is 244 Å². The standard InChI is InChI=1S/C84H164O17P2/c1-8-9-10-11-12-13-14-15-16-17-18-19-22-28-33-38-45-53-60-67-83(88)100-79(71-94-81(86)65-58-51-44-37-32-27-23-20-21-25-30-35-41-48-55-62-75(2)3)73-98-102(90,91)96-69-78(85)70-97-103(92,93)99-74-80(72-95-82(87)66-59-52-47-40-43-50-57-64-77(6)7)101-84(89)68-61-54-46-39-34-29-24-26-31-36-42-49-56-63-76(4)5/h75-80,85H,8-74H2,1-7H3,(H,90,91)(H,92,93)/t78-,79-,80-/m1/s1. The molecule has 0 saturated carbocycles. The van der Waals surface area contributed by atoms with Crippen molar-refractivity contribution >= 4 is 39.5 Å². The molecule has 2 unspecified atom stereocenters. The van der Waals surface area contributed by atoms with Gasteiger partial charge in [-0.1, -0.05) is 389 Å². The zero-order chi connectivity index (χ0) is 75.8. The van der Waals surface area contributed by atoms with Gasteiger partial charge in [0.05, 0.1) is 26.4 Å². The maximum Gasteiger partial charge on any atom is 0.472 e. The number of esters is 4. The minimum Gasteiger partial charge on any atom is -0.462 e. The maximum atomic E-state index is 13.1. The first kappa shape index (κ1) is 101. The first-order valence-corrected chi connectivity index (χ1v) is 46.3. The van der Waals surface area contributed by atoms with Gasteiger partial charge in [0.1, 0.15) is 19.3 Å². The summed E-state index contributed by atoms with van der Waals surface area (Å²) in [5, 5.41) is 10.7. The Labute approximate surface area is 632 Å². The summed E-state index contributed by atoms with van der Waals surface area (Å²) in [6.07, 6.45) is 63.9. The zero-order valence-corrected chi connectivity index (χ0v) is 69.6. The van der Waals surface area contributed by atoms with Crippen LogP contribution in [0.15, 0.2) is 0 Å². The van der Waals surface area contributed by atoms with Crippen LogP contribution in [0.4, 0.5) is 0 Å². The summed E-state index contributed by atoms with van der Waals surface area (Å²) in [5.41, 5.74) is 0.